The lowest BCUT2D eigenvalue weighted by Crippen LogP contribution is -2.39. The van der Waals surface area contributed by atoms with Crippen molar-refractivity contribution in [1.82, 2.24) is 4.31 Å². The van der Waals surface area contributed by atoms with E-state index in [-0.39, 0.29) is 16.6 Å². The summed E-state index contributed by atoms with van der Waals surface area (Å²) in [5, 5.41) is 0.356. The van der Waals surface area contributed by atoms with Crippen LogP contribution >= 0.6 is 11.6 Å². The summed E-state index contributed by atoms with van der Waals surface area (Å²) in [6.45, 7) is 5.97. The van der Waals surface area contributed by atoms with Crippen molar-refractivity contribution >= 4 is 27.3 Å². The Morgan fingerprint density at radius 2 is 2.00 bits per heavy atom. The highest BCUT2D eigenvalue weighted by molar-refractivity contribution is 7.89. The first-order valence-corrected chi connectivity index (χ1v) is 8.10. The normalized spacial score (nSPS) is 12.3. The maximum atomic E-state index is 12.7. The van der Waals surface area contributed by atoms with Crippen LogP contribution in [0.3, 0.4) is 0 Å². The first kappa shape index (κ1) is 17.2. The molecule has 0 unspecified atom stereocenters. The predicted octanol–water partition coefficient (Wildman–Crippen LogP) is 2.28. The largest absolute Gasteiger partial charge is 0.397 e. The summed E-state index contributed by atoms with van der Waals surface area (Å²) in [7, 11) is -2.09. The van der Waals surface area contributed by atoms with E-state index in [1.54, 1.807) is 13.0 Å². The quantitative estimate of drug-likeness (QED) is 0.816. The van der Waals surface area contributed by atoms with Crippen LogP contribution in [0.15, 0.2) is 17.0 Å². The van der Waals surface area contributed by atoms with Crippen molar-refractivity contribution in [2.45, 2.75) is 31.7 Å². The summed E-state index contributed by atoms with van der Waals surface area (Å²) in [4.78, 5) is 0.184. The van der Waals surface area contributed by atoms with E-state index in [1.165, 1.54) is 17.5 Å². The number of rotatable bonds is 6. The highest BCUT2D eigenvalue weighted by Crippen LogP contribution is 2.28. The summed E-state index contributed by atoms with van der Waals surface area (Å²) < 4.78 is 31.8. The van der Waals surface area contributed by atoms with Gasteiger partial charge in [0.1, 0.15) is 0 Å². The number of anilines is 1. The van der Waals surface area contributed by atoms with Gasteiger partial charge in [0, 0.05) is 19.7 Å². The Hall–Kier alpha value is -0.820. The molecule has 0 aliphatic rings. The topological polar surface area (TPSA) is 72.6 Å². The summed E-state index contributed by atoms with van der Waals surface area (Å²) in [5.41, 5.74) is 6.55. The molecule has 7 heteroatoms. The first-order chi connectivity index (χ1) is 9.21. The van der Waals surface area contributed by atoms with Crippen molar-refractivity contribution in [2.75, 3.05) is 26.0 Å². The third kappa shape index (κ3) is 3.63. The molecule has 5 nitrogen and oxygen atoms in total. The Morgan fingerprint density at radius 3 is 2.50 bits per heavy atom. The molecule has 1 aromatic rings. The number of nitrogen functional groups attached to an aromatic ring is 1. The van der Waals surface area contributed by atoms with E-state index >= 15 is 0 Å². The molecule has 0 atom stereocenters. The summed E-state index contributed by atoms with van der Waals surface area (Å²) in [5.74, 6) is 0. The van der Waals surface area contributed by atoms with Gasteiger partial charge in [-0.15, -0.1) is 0 Å². The molecular weight excluding hydrogens is 300 g/mol. The standard InChI is InChI=1S/C13H21ClN2O3S/c1-9(2)16(5-6-19-4)20(17,18)13-8-12(15)11(14)7-10(13)3/h7-9H,5-6,15H2,1-4H3. The SMILES string of the molecule is COCCN(C(C)C)S(=O)(=O)c1cc(N)c(Cl)cc1C. The lowest BCUT2D eigenvalue weighted by molar-refractivity contribution is 0.171. The smallest absolute Gasteiger partial charge is 0.243 e. The minimum atomic E-state index is -3.63. The molecule has 0 aliphatic carbocycles. The Labute approximate surface area is 125 Å². The number of nitrogens with zero attached hydrogens (tertiary/aromatic N) is 1. The van der Waals surface area contributed by atoms with Crippen LogP contribution in [0.25, 0.3) is 0 Å². The van der Waals surface area contributed by atoms with Gasteiger partial charge in [-0.05, 0) is 38.5 Å². The maximum Gasteiger partial charge on any atom is 0.243 e. The minimum absolute atomic E-state index is 0.175. The van der Waals surface area contributed by atoms with E-state index in [0.29, 0.717) is 23.7 Å². The number of methoxy groups -OCH3 is 1. The molecule has 0 amide bonds. The third-order valence-electron chi connectivity index (χ3n) is 2.97. The maximum absolute atomic E-state index is 12.7. The molecule has 0 saturated heterocycles. The lowest BCUT2D eigenvalue weighted by atomic mass is 10.2. The Kier molecular flexibility index (Phi) is 5.82. The molecular formula is C13H21ClN2O3S. The monoisotopic (exact) mass is 320 g/mol. The number of hydrogen-bond donors (Lipinski definition) is 1. The number of hydrogen-bond acceptors (Lipinski definition) is 4. The molecule has 1 rings (SSSR count). The second-order valence-corrected chi connectivity index (χ2v) is 7.11. The van der Waals surface area contributed by atoms with Crippen molar-refractivity contribution in [1.29, 1.82) is 0 Å². The zero-order valence-corrected chi connectivity index (χ0v) is 13.8. The van der Waals surface area contributed by atoms with Gasteiger partial charge in [0.15, 0.2) is 0 Å². The summed E-state index contributed by atoms with van der Waals surface area (Å²) >= 11 is 5.91. The van der Waals surface area contributed by atoms with Crippen LogP contribution < -0.4 is 5.73 Å². The average molecular weight is 321 g/mol. The van der Waals surface area contributed by atoms with E-state index < -0.39 is 10.0 Å². The number of nitrogens with two attached hydrogens (primary N) is 1. The molecule has 0 saturated carbocycles. The molecule has 0 radical (unpaired) electrons. The molecule has 0 fully saturated rings. The van der Waals surface area contributed by atoms with Gasteiger partial charge >= 0.3 is 0 Å². The van der Waals surface area contributed by atoms with Crippen LogP contribution in [0.4, 0.5) is 5.69 Å². The van der Waals surface area contributed by atoms with Gasteiger partial charge < -0.3 is 10.5 Å². The van der Waals surface area contributed by atoms with Crippen LogP contribution in [0.5, 0.6) is 0 Å². The Morgan fingerprint density at radius 1 is 1.40 bits per heavy atom. The molecule has 2 N–H and O–H groups in total. The third-order valence-corrected chi connectivity index (χ3v) is 5.52. The molecule has 0 aliphatic heterocycles. The second-order valence-electron chi connectivity index (χ2n) is 4.84. The van der Waals surface area contributed by atoms with Gasteiger partial charge in [-0.2, -0.15) is 4.31 Å². The number of halogens is 1. The van der Waals surface area contributed by atoms with Crippen LogP contribution in [-0.2, 0) is 14.8 Å². The summed E-state index contributed by atoms with van der Waals surface area (Å²) in [6.07, 6.45) is 0. The van der Waals surface area contributed by atoms with E-state index in [2.05, 4.69) is 0 Å². The van der Waals surface area contributed by atoms with Gasteiger partial charge in [0.2, 0.25) is 10.0 Å². The fourth-order valence-electron chi connectivity index (χ4n) is 1.91. The lowest BCUT2D eigenvalue weighted by Gasteiger charge is -2.26. The van der Waals surface area contributed by atoms with Crippen molar-refractivity contribution in [3.05, 3.63) is 22.7 Å². The molecule has 0 heterocycles. The molecule has 1 aromatic carbocycles. The van der Waals surface area contributed by atoms with E-state index in [1.807, 2.05) is 13.8 Å². The van der Waals surface area contributed by atoms with Crippen molar-refractivity contribution in [3.63, 3.8) is 0 Å². The molecule has 20 heavy (non-hydrogen) atoms. The van der Waals surface area contributed by atoms with Crippen molar-refractivity contribution in [3.8, 4) is 0 Å². The fourth-order valence-corrected chi connectivity index (χ4v) is 3.99. The molecule has 0 bridgehead atoms. The van der Waals surface area contributed by atoms with E-state index in [0.717, 1.165) is 0 Å². The molecule has 114 valence electrons. The number of aryl methyl sites for hydroxylation is 1. The van der Waals surface area contributed by atoms with Crippen molar-refractivity contribution in [2.24, 2.45) is 0 Å². The fraction of sp³-hybridized carbons (Fsp3) is 0.538. The zero-order valence-electron chi connectivity index (χ0n) is 12.2. The van der Waals surface area contributed by atoms with Gasteiger partial charge in [0.05, 0.1) is 22.2 Å². The Bertz CT molecular complexity index is 573. The average Bonchev–Trinajstić information content (AvgIpc) is 2.33. The predicted molar refractivity (Wildman–Crippen MR) is 81.5 cm³/mol. The van der Waals surface area contributed by atoms with Gasteiger partial charge in [-0.3, -0.25) is 0 Å². The van der Waals surface area contributed by atoms with Crippen LogP contribution in [0.2, 0.25) is 5.02 Å². The van der Waals surface area contributed by atoms with Gasteiger partial charge in [0.25, 0.3) is 0 Å². The van der Waals surface area contributed by atoms with E-state index in [4.69, 9.17) is 22.1 Å². The van der Waals surface area contributed by atoms with Crippen molar-refractivity contribution < 1.29 is 13.2 Å². The minimum Gasteiger partial charge on any atom is -0.397 e. The first-order valence-electron chi connectivity index (χ1n) is 6.28. The van der Waals surface area contributed by atoms with Crippen LogP contribution in [0, 0.1) is 6.92 Å². The highest BCUT2D eigenvalue weighted by Gasteiger charge is 2.28. The highest BCUT2D eigenvalue weighted by atomic mass is 35.5. The molecule has 0 aromatic heterocycles. The Balaban J connectivity index is 3.29. The van der Waals surface area contributed by atoms with Gasteiger partial charge in [-0.1, -0.05) is 11.6 Å². The number of sulfonamides is 1. The van der Waals surface area contributed by atoms with E-state index in [9.17, 15) is 8.42 Å². The number of benzene rings is 1. The van der Waals surface area contributed by atoms with Crippen LogP contribution in [-0.4, -0.2) is 39.0 Å². The molecule has 0 spiro atoms. The van der Waals surface area contributed by atoms with Crippen LogP contribution in [0.1, 0.15) is 19.4 Å². The summed E-state index contributed by atoms with van der Waals surface area (Å²) in [6, 6.07) is 2.81. The second kappa shape index (κ2) is 6.76. The number of ether oxygens (including phenoxy) is 1. The van der Waals surface area contributed by atoms with Gasteiger partial charge in [-0.25, -0.2) is 8.42 Å². The zero-order chi connectivity index (χ0) is 15.5.